The monoisotopic (exact) mass is 1020 g/mol. The average molecular weight is 1020 g/mol. The molecule has 0 saturated carbocycles. The Balaban J connectivity index is 3.91. The molecule has 71 heavy (non-hydrogen) atoms. The lowest BCUT2D eigenvalue weighted by atomic mass is 10.0. The number of phosphoric ester groups is 1. The van der Waals surface area contributed by atoms with Gasteiger partial charge in [0.1, 0.15) is 13.2 Å². The fraction of sp³-hybridized carbons (Fsp3) is 0.855. The lowest BCUT2D eigenvalue weighted by Crippen LogP contribution is -2.45. The molecule has 0 fully saturated rings. The van der Waals surface area contributed by atoms with Crippen LogP contribution in [0.2, 0.25) is 0 Å². The normalized spacial score (nSPS) is 14.2. The minimum atomic E-state index is -4.59. The summed E-state index contributed by atoms with van der Waals surface area (Å²) in [7, 11) is 1.27. The first-order chi connectivity index (χ1) is 34.5. The minimum Gasteiger partial charge on any atom is -0.756 e. The summed E-state index contributed by atoms with van der Waals surface area (Å²) in [5.41, 5.74) is 0. The number of nitrogens with zero attached hydrogens (tertiary/aromatic N) is 1. The van der Waals surface area contributed by atoms with E-state index in [0.29, 0.717) is 17.4 Å². The van der Waals surface area contributed by atoms with Crippen molar-refractivity contribution in [3.8, 4) is 0 Å². The Morgan fingerprint density at radius 3 is 1.18 bits per heavy atom. The van der Waals surface area contributed by atoms with E-state index in [1.165, 1.54) is 218 Å². The summed E-state index contributed by atoms with van der Waals surface area (Å²) in [6.07, 6.45) is 70.7. The zero-order chi connectivity index (χ0) is 52.0. The van der Waals surface area contributed by atoms with Crippen molar-refractivity contribution < 1.29 is 32.9 Å². The van der Waals surface area contributed by atoms with Gasteiger partial charge < -0.3 is 28.8 Å². The third-order valence-corrected chi connectivity index (χ3v) is 14.7. The number of quaternary nitrogens is 1. The quantitative estimate of drug-likeness (QED) is 0.0272. The van der Waals surface area contributed by atoms with Gasteiger partial charge in [-0.1, -0.05) is 274 Å². The average Bonchev–Trinajstić information content (AvgIpc) is 3.33. The topological polar surface area (TPSA) is 108 Å². The smallest absolute Gasteiger partial charge is 0.268 e. The lowest BCUT2D eigenvalue weighted by Gasteiger charge is -2.29. The van der Waals surface area contributed by atoms with Gasteiger partial charge in [-0.2, -0.15) is 0 Å². The van der Waals surface area contributed by atoms with Gasteiger partial charge in [0.15, 0.2) is 0 Å². The molecule has 418 valence electrons. The lowest BCUT2D eigenvalue weighted by molar-refractivity contribution is -0.870. The predicted molar refractivity (Wildman–Crippen MR) is 307 cm³/mol. The zero-order valence-corrected chi connectivity index (χ0v) is 48.6. The van der Waals surface area contributed by atoms with Gasteiger partial charge in [-0.05, 0) is 57.8 Å². The number of likely N-dealkylation sites (N-methyl/N-ethyl adjacent to an activating group) is 1. The van der Waals surface area contributed by atoms with Crippen LogP contribution in [0.4, 0.5) is 0 Å². The first-order valence-corrected chi connectivity index (χ1v) is 32.0. The second-order valence-corrected chi connectivity index (χ2v) is 23.5. The van der Waals surface area contributed by atoms with Crippen molar-refractivity contribution in [1.29, 1.82) is 0 Å². The maximum absolute atomic E-state index is 12.9. The fourth-order valence-corrected chi connectivity index (χ4v) is 9.71. The molecule has 8 nitrogen and oxygen atoms in total. The van der Waals surface area contributed by atoms with Crippen LogP contribution in [0.3, 0.4) is 0 Å². The maximum atomic E-state index is 12.9. The first-order valence-electron chi connectivity index (χ1n) is 30.5. The molecule has 3 unspecified atom stereocenters. The van der Waals surface area contributed by atoms with Crippen molar-refractivity contribution >= 4 is 13.7 Å². The molecule has 2 N–H and O–H groups in total. The number of carbonyl (C=O) groups is 1. The van der Waals surface area contributed by atoms with E-state index in [1.54, 1.807) is 6.08 Å². The van der Waals surface area contributed by atoms with E-state index in [9.17, 15) is 19.4 Å². The molecule has 0 rings (SSSR count). The van der Waals surface area contributed by atoms with Crippen LogP contribution < -0.4 is 10.2 Å². The summed E-state index contributed by atoms with van der Waals surface area (Å²) < 4.78 is 23.3. The van der Waals surface area contributed by atoms with E-state index >= 15 is 0 Å². The third kappa shape index (κ3) is 56.0. The van der Waals surface area contributed by atoms with Crippen LogP contribution in [0.5, 0.6) is 0 Å². The van der Waals surface area contributed by atoms with Crippen molar-refractivity contribution in [3.63, 3.8) is 0 Å². The number of nitrogens with one attached hydrogen (secondary N) is 1. The Morgan fingerprint density at radius 2 is 0.817 bits per heavy atom. The molecule has 0 heterocycles. The number of allylic oxidation sites excluding steroid dienone is 7. The number of amides is 1. The van der Waals surface area contributed by atoms with E-state index in [4.69, 9.17) is 9.05 Å². The van der Waals surface area contributed by atoms with Crippen LogP contribution in [-0.2, 0) is 18.4 Å². The number of hydrogen-bond donors (Lipinski definition) is 2. The van der Waals surface area contributed by atoms with Gasteiger partial charge in [-0.25, -0.2) is 0 Å². The number of aliphatic hydroxyl groups excluding tert-OH is 1. The van der Waals surface area contributed by atoms with Gasteiger partial charge in [0.05, 0.1) is 39.9 Å². The van der Waals surface area contributed by atoms with Crippen LogP contribution >= 0.6 is 7.82 Å². The van der Waals surface area contributed by atoms with Gasteiger partial charge in [-0.15, -0.1) is 0 Å². The third-order valence-electron chi connectivity index (χ3n) is 13.8. The van der Waals surface area contributed by atoms with Crippen molar-refractivity contribution in [2.75, 3.05) is 40.9 Å². The Morgan fingerprint density at radius 1 is 0.493 bits per heavy atom. The molecule has 0 radical (unpaired) electrons. The molecule has 0 aromatic heterocycles. The predicted octanol–water partition coefficient (Wildman–Crippen LogP) is 18.1. The largest absolute Gasteiger partial charge is 0.756 e. The summed E-state index contributed by atoms with van der Waals surface area (Å²) in [6, 6.07) is -0.884. The second-order valence-electron chi connectivity index (χ2n) is 22.1. The number of hydrogen-bond acceptors (Lipinski definition) is 6. The molecule has 0 aliphatic carbocycles. The fourth-order valence-electron chi connectivity index (χ4n) is 8.99. The van der Waals surface area contributed by atoms with Crippen molar-refractivity contribution in [2.45, 2.75) is 302 Å². The van der Waals surface area contributed by atoms with Crippen LogP contribution in [-0.4, -0.2) is 68.5 Å². The number of aliphatic hydroxyl groups is 1. The van der Waals surface area contributed by atoms with Gasteiger partial charge in [0.25, 0.3) is 7.82 Å². The molecule has 3 atom stereocenters. The molecule has 0 spiro atoms. The van der Waals surface area contributed by atoms with Crippen molar-refractivity contribution in [3.05, 3.63) is 48.6 Å². The summed E-state index contributed by atoms with van der Waals surface area (Å²) >= 11 is 0. The molecule has 0 bridgehead atoms. The van der Waals surface area contributed by atoms with Gasteiger partial charge >= 0.3 is 0 Å². The van der Waals surface area contributed by atoms with Gasteiger partial charge in [0.2, 0.25) is 5.91 Å². The molecule has 0 saturated heterocycles. The highest BCUT2D eigenvalue weighted by atomic mass is 31.2. The Bertz CT molecular complexity index is 1290. The maximum Gasteiger partial charge on any atom is 0.268 e. The number of carbonyl (C=O) groups excluding carboxylic acids is 1. The van der Waals surface area contributed by atoms with E-state index in [0.717, 1.165) is 51.4 Å². The molecule has 0 aromatic carbocycles. The molecule has 0 aromatic rings. The SMILES string of the molecule is CCCCCCC/C=C\C/C=C\C/C=C\CCCCCCCCCCCCCCCCCCCCCCCCC(=O)NC(COP(=O)([O-])OCC[N+](C)(C)C)C(O)/C=C/CCCCCCCCCCCC. The highest BCUT2D eigenvalue weighted by Crippen LogP contribution is 2.38. The van der Waals surface area contributed by atoms with Gasteiger partial charge in [0, 0.05) is 6.42 Å². The van der Waals surface area contributed by atoms with E-state index in [1.807, 2.05) is 27.2 Å². The Kier molecular flexibility index (Phi) is 52.1. The molecular weight excluding hydrogens is 900 g/mol. The highest BCUT2D eigenvalue weighted by molar-refractivity contribution is 7.45. The highest BCUT2D eigenvalue weighted by Gasteiger charge is 2.23. The number of unbranched alkanes of at least 4 members (excludes halogenated alkanes) is 37. The number of rotatable bonds is 56. The summed E-state index contributed by atoms with van der Waals surface area (Å²) in [6.45, 7) is 4.65. The van der Waals surface area contributed by atoms with Crippen LogP contribution in [0.15, 0.2) is 48.6 Å². The molecule has 0 aliphatic rings. The molecule has 1 amide bonds. The molecular formula is C62H119N2O6P. The summed E-state index contributed by atoms with van der Waals surface area (Å²) in [5.74, 6) is -0.195. The first kappa shape index (κ1) is 69.5. The standard InChI is InChI=1S/C62H119N2O6P/c1-6-8-10-12-14-16-18-20-21-22-23-24-25-26-27-28-29-30-31-32-33-34-35-36-37-38-39-40-41-42-43-44-46-48-50-52-54-56-62(66)63-60(59-70-71(67,68)69-58-57-64(3,4)5)61(65)55-53-51-49-47-45-19-17-15-13-11-9-7-2/h18,20,22-23,25-26,53,55,60-61,65H,6-17,19,21,24,27-52,54,56-59H2,1-5H3,(H-,63,66,67,68)/b20-18-,23-22-,26-25-,55-53+. The van der Waals surface area contributed by atoms with E-state index in [-0.39, 0.29) is 19.1 Å². The van der Waals surface area contributed by atoms with Crippen molar-refractivity contribution in [2.24, 2.45) is 0 Å². The zero-order valence-electron chi connectivity index (χ0n) is 47.7. The van der Waals surface area contributed by atoms with Crippen LogP contribution in [0, 0.1) is 0 Å². The molecule has 0 aliphatic heterocycles. The molecule has 9 heteroatoms. The Labute approximate surface area is 441 Å². The van der Waals surface area contributed by atoms with E-state index in [2.05, 4.69) is 55.6 Å². The summed E-state index contributed by atoms with van der Waals surface area (Å²) in [5, 5.41) is 13.8. The minimum absolute atomic E-state index is 0.0000860. The van der Waals surface area contributed by atoms with Crippen LogP contribution in [0.1, 0.15) is 290 Å². The summed E-state index contributed by atoms with van der Waals surface area (Å²) in [4.78, 5) is 25.4. The second kappa shape index (κ2) is 53.3. The van der Waals surface area contributed by atoms with Gasteiger partial charge in [-0.3, -0.25) is 9.36 Å². The van der Waals surface area contributed by atoms with E-state index < -0.39 is 20.0 Å². The Hall–Kier alpha value is -1.54. The van der Waals surface area contributed by atoms with Crippen LogP contribution in [0.25, 0.3) is 0 Å². The van der Waals surface area contributed by atoms with Crippen molar-refractivity contribution in [1.82, 2.24) is 5.32 Å². The number of phosphoric acid groups is 1.